The predicted molar refractivity (Wildman–Crippen MR) is 142 cm³/mol. The highest BCUT2D eigenvalue weighted by Crippen LogP contribution is 2.14. The summed E-state index contributed by atoms with van der Waals surface area (Å²) >= 11 is 0. The number of quaternary nitrogens is 1. The van der Waals surface area contributed by atoms with E-state index in [0.29, 0.717) is 12.8 Å². The fourth-order valence-electron chi connectivity index (χ4n) is 4.11. The lowest BCUT2D eigenvalue weighted by Crippen LogP contribution is -2.50. The maximum Gasteiger partial charge on any atom is 0.362 e. The normalized spacial score (nSPS) is 13.2. The SMILES string of the molecule is CCCCCCCCCCCCCCCC(=O)OC(COCCC(C(=O)O)[N+](C)(C)C)COC(C)=O. The highest BCUT2D eigenvalue weighted by molar-refractivity contribution is 5.72. The molecule has 0 rings (SSSR count). The molecule has 8 heteroatoms. The fraction of sp³-hybridized carbons (Fsp3) is 0.893. The molecule has 0 fully saturated rings. The van der Waals surface area contributed by atoms with E-state index in [4.69, 9.17) is 14.2 Å². The molecule has 8 nitrogen and oxygen atoms in total. The Morgan fingerprint density at radius 3 is 1.72 bits per heavy atom. The second kappa shape index (κ2) is 21.4. The van der Waals surface area contributed by atoms with Gasteiger partial charge < -0.3 is 23.8 Å². The number of nitrogens with zero attached hydrogens (tertiary/aromatic N) is 1. The lowest BCUT2D eigenvalue weighted by Gasteiger charge is -2.31. The molecular weight excluding hydrogens is 462 g/mol. The number of carboxylic acid groups (broad SMARTS) is 1. The first kappa shape index (κ1) is 34.3. The fourth-order valence-corrected chi connectivity index (χ4v) is 4.11. The van der Waals surface area contributed by atoms with E-state index in [2.05, 4.69) is 6.92 Å². The van der Waals surface area contributed by atoms with Gasteiger partial charge in [0, 0.05) is 19.8 Å². The zero-order chi connectivity index (χ0) is 27.2. The summed E-state index contributed by atoms with van der Waals surface area (Å²) in [7, 11) is 5.46. The van der Waals surface area contributed by atoms with Gasteiger partial charge in [-0.1, -0.05) is 84.0 Å². The Balaban J connectivity index is 4.04. The Morgan fingerprint density at radius 1 is 0.778 bits per heavy atom. The number of unbranched alkanes of at least 4 members (excludes halogenated alkanes) is 12. The monoisotopic (exact) mass is 516 g/mol. The first-order valence-corrected chi connectivity index (χ1v) is 14.0. The molecule has 0 amide bonds. The Kier molecular flexibility index (Phi) is 20.4. The van der Waals surface area contributed by atoms with Crippen molar-refractivity contribution >= 4 is 17.9 Å². The second-order valence-electron chi connectivity index (χ2n) is 10.7. The average Bonchev–Trinajstić information content (AvgIpc) is 2.78. The van der Waals surface area contributed by atoms with Crippen molar-refractivity contribution in [2.45, 2.75) is 122 Å². The number of carboxylic acids is 1. The lowest BCUT2D eigenvalue weighted by atomic mass is 10.0. The molecule has 0 saturated carbocycles. The van der Waals surface area contributed by atoms with Crippen molar-refractivity contribution in [2.24, 2.45) is 0 Å². The zero-order valence-corrected chi connectivity index (χ0v) is 23.7. The molecule has 0 aliphatic carbocycles. The molecule has 0 spiro atoms. The molecule has 2 atom stereocenters. The van der Waals surface area contributed by atoms with Crippen LogP contribution in [0, 0.1) is 0 Å². The first-order valence-electron chi connectivity index (χ1n) is 14.0. The lowest BCUT2D eigenvalue weighted by molar-refractivity contribution is -0.887. The molecule has 36 heavy (non-hydrogen) atoms. The quantitative estimate of drug-likeness (QED) is 0.103. The summed E-state index contributed by atoms with van der Waals surface area (Å²) < 4.78 is 16.3. The van der Waals surface area contributed by atoms with Gasteiger partial charge in [0.2, 0.25) is 0 Å². The van der Waals surface area contributed by atoms with Crippen LogP contribution in [0.2, 0.25) is 0 Å². The molecule has 1 N–H and O–H groups in total. The molecule has 2 unspecified atom stereocenters. The summed E-state index contributed by atoms with van der Waals surface area (Å²) in [5, 5.41) is 9.40. The number of ether oxygens (including phenoxy) is 3. The van der Waals surface area contributed by atoms with Crippen molar-refractivity contribution in [2.75, 3.05) is 41.0 Å². The number of esters is 2. The van der Waals surface area contributed by atoms with E-state index in [1.807, 2.05) is 21.1 Å². The molecule has 0 aliphatic rings. The number of aliphatic carboxylic acids is 1. The maximum atomic E-state index is 12.3. The molecular formula is C28H54NO7+. The topological polar surface area (TPSA) is 99.1 Å². The Hall–Kier alpha value is -1.67. The Morgan fingerprint density at radius 2 is 1.28 bits per heavy atom. The van der Waals surface area contributed by atoms with Gasteiger partial charge in [0.05, 0.1) is 34.4 Å². The third-order valence-electron chi connectivity index (χ3n) is 6.31. The third-order valence-corrected chi connectivity index (χ3v) is 6.31. The van der Waals surface area contributed by atoms with Crippen molar-refractivity contribution < 1.29 is 38.2 Å². The van der Waals surface area contributed by atoms with Gasteiger partial charge in [0.1, 0.15) is 6.61 Å². The van der Waals surface area contributed by atoms with Crippen LogP contribution in [0.3, 0.4) is 0 Å². The van der Waals surface area contributed by atoms with Crippen LogP contribution < -0.4 is 0 Å². The van der Waals surface area contributed by atoms with Crippen LogP contribution in [0.15, 0.2) is 0 Å². The number of hydrogen-bond donors (Lipinski definition) is 1. The average molecular weight is 517 g/mol. The molecule has 0 saturated heterocycles. The second-order valence-corrected chi connectivity index (χ2v) is 10.7. The minimum Gasteiger partial charge on any atom is -0.477 e. The molecule has 0 aromatic rings. The minimum atomic E-state index is -0.883. The van der Waals surface area contributed by atoms with Crippen molar-refractivity contribution in [3.8, 4) is 0 Å². The first-order chi connectivity index (χ1) is 17.1. The molecule has 0 aromatic carbocycles. The van der Waals surface area contributed by atoms with Crippen LogP contribution in [0.4, 0.5) is 0 Å². The third kappa shape index (κ3) is 20.5. The van der Waals surface area contributed by atoms with Gasteiger partial charge in [0.25, 0.3) is 0 Å². The summed E-state index contributed by atoms with van der Waals surface area (Å²) in [4.78, 5) is 34.9. The Bertz CT molecular complexity index is 589. The van der Waals surface area contributed by atoms with Crippen LogP contribution in [-0.2, 0) is 28.6 Å². The number of carbonyl (C=O) groups excluding carboxylic acids is 2. The number of carbonyl (C=O) groups is 3. The van der Waals surface area contributed by atoms with E-state index < -0.39 is 24.1 Å². The standard InChI is InChI=1S/C28H53NO7/c1-6-7-8-9-10-11-12-13-14-15-16-17-18-19-27(31)36-25(23-35-24(2)30)22-34-21-20-26(28(32)33)29(3,4)5/h25-26H,6-23H2,1-5H3/p+1. The van der Waals surface area contributed by atoms with Crippen LogP contribution >= 0.6 is 0 Å². The van der Waals surface area contributed by atoms with Gasteiger partial charge in [0.15, 0.2) is 12.1 Å². The summed E-state index contributed by atoms with van der Waals surface area (Å²) in [5.41, 5.74) is 0. The van der Waals surface area contributed by atoms with Crippen LogP contribution in [0.1, 0.15) is 110 Å². The largest absolute Gasteiger partial charge is 0.477 e. The molecule has 0 bridgehead atoms. The summed E-state index contributed by atoms with van der Waals surface area (Å²) in [5.74, 6) is -1.66. The summed E-state index contributed by atoms with van der Waals surface area (Å²) in [6.07, 6.45) is 16.1. The number of hydrogen-bond acceptors (Lipinski definition) is 6. The number of rotatable bonds is 24. The van der Waals surface area contributed by atoms with Gasteiger partial charge in [-0.05, 0) is 6.42 Å². The van der Waals surface area contributed by atoms with Crippen molar-refractivity contribution in [3.05, 3.63) is 0 Å². The van der Waals surface area contributed by atoms with Gasteiger partial charge in [-0.2, -0.15) is 0 Å². The molecule has 0 radical (unpaired) electrons. The maximum absolute atomic E-state index is 12.3. The van der Waals surface area contributed by atoms with Crippen LogP contribution in [0.25, 0.3) is 0 Å². The molecule has 0 heterocycles. The minimum absolute atomic E-state index is 0.0567. The molecule has 0 aliphatic heterocycles. The van der Waals surface area contributed by atoms with E-state index in [-0.39, 0.29) is 30.3 Å². The van der Waals surface area contributed by atoms with E-state index >= 15 is 0 Å². The van der Waals surface area contributed by atoms with Crippen LogP contribution in [-0.4, -0.2) is 80.6 Å². The molecule has 0 aromatic heterocycles. The van der Waals surface area contributed by atoms with E-state index in [1.54, 1.807) is 0 Å². The van der Waals surface area contributed by atoms with E-state index in [0.717, 1.165) is 19.3 Å². The predicted octanol–water partition coefficient (Wildman–Crippen LogP) is 5.51. The van der Waals surface area contributed by atoms with Crippen molar-refractivity contribution in [1.82, 2.24) is 0 Å². The summed E-state index contributed by atoms with van der Waals surface area (Å²) in [6.45, 7) is 3.74. The van der Waals surface area contributed by atoms with Gasteiger partial charge in [-0.15, -0.1) is 0 Å². The zero-order valence-electron chi connectivity index (χ0n) is 23.7. The highest BCUT2D eigenvalue weighted by Gasteiger charge is 2.31. The smallest absolute Gasteiger partial charge is 0.362 e. The van der Waals surface area contributed by atoms with Gasteiger partial charge >= 0.3 is 17.9 Å². The van der Waals surface area contributed by atoms with Crippen LogP contribution in [0.5, 0.6) is 0 Å². The van der Waals surface area contributed by atoms with E-state index in [9.17, 15) is 19.5 Å². The molecule has 212 valence electrons. The van der Waals surface area contributed by atoms with E-state index in [1.165, 1.54) is 71.1 Å². The Labute approximate surface area is 219 Å². The van der Waals surface area contributed by atoms with Gasteiger partial charge in [-0.25, -0.2) is 4.79 Å². The number of likely N-dealkylation sites (N-methyl/N-ethyl adjacent to an activating group) is 1. The van der Waals surface area contributed by atoms with Crippen molar-refractivity contribution in [3.63, 3.8) is 0 Å². The summed E-state index contributed by atoms with van der Waals surface area (Å²) in [6, 6.07) is -0.602. The van der Waals surface area contributed by atoms with Crippen molar-refractivity contribution in [1.29, 1.82) is 0 Å². The van der Waals surface area contributed by atoms with Gasteiger partial charge in [-0.3, -0.25) is 9.59 Å². The highest BCUT2D eigenvalue weighted by atomic mass is 16.6.